The minimum Gasteiger partial charge on any atom is -0.379 e. The molecule has 3 aliphatic rings. The fourth-order valence-electron chi connectivity index (χ4n) is 6.77. The van der Waals surface area contributed by atoms with E-state index in [0.717, 1.165) is 25.8 Å². The maximum absolute atomic E-state index is 16.0. The van der Waals surface area contributed by atoms with Crippen LogP contribution in [0.15, 0.2) is 42.6 Å². The quantitative estimate of drug-likeness (QED) is 0.329. The Hall–Kier alpha value is -3.35. The Morgan fingerprint density at radius 2 is 1.86 bits per heavy atom. The minimum atomic E-state index is -4.65. The molecule has 0 bridgehead atoms. The normalized spacial score (nSPS) is 21.5. The van der Waals surface area contributed by atoms with E-state index in [9.17, 15) is 22.4 Å². The number of halogens is 5. The van der Waals surface area contributed by atoms with Gasteiger partial charge in [0, 0.05) is 50.5 Å². The SMILES string of the molecule is CC(C)C1CN(C)CCN1Cc1cc2c(c(C(F)(F)F)c1)CN(c1cccc(C3([C@H](F)c4nc(F)cn4C)COC3)c1)C2=O. The molecule has 236 valence electrons. The molecule has 1 unspecified atom stereocenters. The van der Waals surface area contributed by atoms with Crippen LogP contribution in [0.25, 0.3) is 0 Å². The predicted molar refractivity (Wildman–Crippen MR) is 154 cm³/mol. The van der Waals surface area contributed by atoms with E-state index in [0.29, 0.717) is 29.3 Å². The largest absolute Gasteiger partial charge is 0.416 e. The molecule has 2 saturated heterocycles. The number of alkyl halides is 4. The molecule has 0 spiro atoms. The number of carbonyl (C=O) groups is 1. The van der Waals surface area contributed by atoms with Gasteiger partial charge in [0.15, 0.2) is 6.17 Å². The van der Waals surface area contributed by atoms with Gasteiger partial charge >= 0.3 is 6.18 Å². The number of hydrogen-bond donors (Lipinski definition) is 0. The minimum absolute atomic E-state index is 0.00547. The van der Waals surface area contributed by atoms with Gasteiger partial charge in [-0.05, 0) is 53.9 Å². The highest BCUT2D eigenvalue weighted by Gasteiger charge is 2.51. The summed E-state index contributed by atoms with van der Waals surface area (Å²) in [4.78, 5) is 23.2. The summed E-state index contributed by atoms with van der Waals surface area (Å²) in [5.41, 5.74) is -0.737. The van der Waals surface area contributed by atoms with Crippen molar-refractivity contribution in [2.75, 3.05) is 44.8 Å². The number of aromatic nitrogens is 2. The van der Waals surface area contributed by atoms with Gasteiger partial charge in [-0.1, -0.05) is 26.0 Å². The summed E-state index contributed by atoms with van der Waals surface area (Å²) in [6.07, 6.45) is -5.27. The second kappa shape index (κ2) is 11.2. The third kappa shape index (κ3) is 5.30. The molecule has 12 heteroatoms. The second-order valence-electron chi connectivity index (χ2n) is 12.7. The van der Waals surface area contributed by atoms with Gasteiger partial charge in [-0.25, -0.2) is 9.37 Å². The van der Waals surface area contributed by atoms with Crippen molar-refractivity contribution in [3.05, 3.63) is 82.2 Å². The molecule has 1 amide bonds. The standard InChI is InChI=1S/C32H36F5N5O2/c1-19(2)26-15-39(3)8-9-41(26)13-20-10-23-24(25(11-20)32(35,36)37)14-42(30(23)43)22-7-5-6-21(12-22)31(17-44-18-31)28(34)29-38-27(33)16-40(29)4/h5-7,10-12,16,19,26,28H,8-9,13-15,17-18H2,1-4H3/t26?,28-/m1/s1. The molecule has 0 aliphatic carbocycles. The van der Waals surface area contributed by atoms with E-state index >= 15 is 4.39 Å². The number of likely N-dealkylation sites (N-methyl/N-ethyl adjacent to an activating group) is 1. The van der Waals surface area contributed by atoms with Crippen molar-refractivity contribution in [1.82, 2.24) is 19.4 Å². The van der Waals surface area contributed by atoms with E-state index in [2.05, 4.69) is 28.6 Å². The Morgan fingerprint density at radius 1 is 1.11 bits per heavy atom. The van der Waals surface area contributed by atoms with Crippen LogP contribution in [0.1, 0.15) is 58.5 Å². The monoisotopic (exact) mass is 617 g/mol. The van der Waals surface area contributed by atoms with Gasteiger partial charge in [0.05, 0.1) is 36.9 Å². The maximum Gasteiger partial charge on any atom is 0.416 e. The summed E-state index contributed by atoms with van der Waals surface area (Å²) in [6.45, 7) is 6.62. The molecular weight excluding hydrogens is 581 g/mol. The lowest BCUT2D eigenvalue weighted by Crippen LogP contribution is -2.53. The number of piperazine rings is 1. The number of carbonyl (C=O) groups excluding carboxylic acids is 1. The van der Waals surface area contributed by atoms with Crippen LogP contribution in [0.2, 0.25) is 0 Å². The lowest BCUT2D eigenvalue weighted by Gasteiger charge is -2.44. The third-order valence-electron chi connectivity index (χ3n) is 9.35. The number of anilines is 1. The number of hydrogen-bond acceptors (Lipinski definition) is 5. The average Bonchev–Trinajstić information content (AvgIpc) is 3.45. The van der Waals surface area contributed by atoms with Crippen molar-refractivity contribution in [2.45, 2.75) is 50.7 Å². The van der Waals surface area contributed by atoms with Crippen molar-refractivity contribution in [3.8, 4) is 0 Å². The average molecular weight is 618 g/mol. The highest BCUT2D eigenvalue weighted by atomic mass is 19.4. The molecule has 2 aromatic carbocycles. The summed E-state index contributed by atoms with van der Waals surface area (Å²) >= 11 is 0. The van der Waals surface area contributed by atoms with Crippen molar-refractivity contribution in [1.29, 1.82) is 0 Å². The summed E-state index contributed by atoms with van der Waals surface area (Å²) in [5, 5.41) is 0. The van der Waals surface area contributed by atoms with Gasteiger partial charge in [-0.3, -0.25) is 9.69 Å². The van der Waals surface area contributed by atoms with Gasteiger partial charge in [0.1, 0.15) is 5.82 Å². The molecule has 3 aromatic rings. The van der Waals surface area contributed by atoms with Gasteiger partial charge in [-0.15, -0.1) is 0 Å². The number of imidazole rings is 1. The maximum atomic E-state index is 16.0. The van der Waals surface area contributed by atoms with Crippen molar-refractivity contribution >= 4 is 11.6 Å². The molecule has 44 heavy (non-hydrogen) atoms. The fourth-order valence-corrected chi connectivity index (χ4v) is 6.77. The molecule has 2 fully saturated rings. The Morgan fingerprint density at radius 3 is 2.48 bits per heavy atom. The Bertz CT molecular complexity index is 1570. The number of benzene rings is 2. The summed E-state index contributed by atoms with van der Waals surface area (Å²) in [7, 11) is 3.54. The highest BCUT2D eigenvalue weighted by Crippen LogP contribution is 2.47. The zero-order valence-corrected chi connectivity index (χ0v) is 25.2. The molecule has 0 saturated carbocycles. The molecule has 2 atom stereocenters. The van der Waals surface area contributed by atoms with Crippen LogP contribution in [0.4, 0.5) is 27.6 Å². The first kappa shape index (κ1) is 30.7. The number of aryl methyl sites for hydroxylation is 1. The smallest absolute Gasteiger partial charge is 0.379 e. The first-order chi connectivity index (χ1) is 20.8. The molecule has 4 heterocycles. The fraction of sp³-hybridized carbons (Fsp3) is 0.500. The number of amides is 1. The van der Waals surface area contributed by atoms with Crippen LogP contribution >= 0.6 is 0 Å². The van der Waals surface area contributed by atoms with Crippen molar-refractivity contribution in [2.24, 2.45) is 13.0 Å². The summed E-state index contributed by atoms with van der Waals surface area (Å²) in [5.74, 6) is -1.13. The topological polar surface area (TPSA) is 53.8 Å². The Labute approximate surface area is 253 Å². The van der Waals surface area contributed by atoms with Gasteiger partial charge in [0.25, 0.3) is 5.91 Å². The zero-order chi connectivity index (χ0) is 31.6. The van der Waals surface area contributed by atoms with Gasteiger partial charge in [-0.2, -0.15) is 17.6 Å². The highest BCUT2D eigenvalue weighted by molar-refractivity contribution is 6.10. The van der Waals surface area contributed by atoms with E-state index in [1.54, 1.807) is 30.3 Å². The Kier molecular flexibility index (Phi) is 7.82. The molecule has 0 N–H and O–H groups in total. The zero-order valence-electron chi connectivity index (χ0n) is 25.2. The summed E-state index contributed by atoms with van der Waals surface area (Å²) < 4.78 is 79.7. The van der Waals surface area contributed by atoms with Crippen LogP contribution in [0.3, 0.4) is 0 Å². The lowest BCUT2D eigenvalue weighted by atomic mass is 9.74. The van der Waals surface area contributed by atoms with E-state index in [-0.39, 0.29) is 42.8 Å². The number of ether oxygens (including phenoxy) is 1. The summed E-state index contributed by atoms with van der Waals surface area (Å²) in [6, 6.07) is 9.52. The van der Waals surface area contributed by atoms with Crippen LogP contribution < -0.4 is 4.90 Å². The predicted octanol–water partition coefficient (Wildman–Crippen LogP) is 5.49. The van der Waals surface area contributed by atoms with E-state index in [1.165, 1.54) is 22.6 Å². The number of rotatable bonds is 7. The van der Waals surface area contributed by atoms with Crippen LogP contribution in [0, 0.1) is 11.9 Å². The molecule has 7 nitrogen and oxygen atoms in total. The molecular formula is C32H36F5N5O2. The lowest BCUT2D eigenvalue weighted by molar-refractivity contribution is -0.138. The van der Waals surface area contributed by atoms with Crippen molar-refractivity contribution < 1.29 is 31.5 Å². The van der Waals surface area contributed by atoms with Crippen LogP contribution in [-0.2, 0) is 36.5 Å². The molecule has 0 radical (unpaired) electrons. The first-order valence-corrected chi connectivity index (χ1v) is 14.8. The first-order valence-electron chi connectivity index (χ1n) is 14.8. The third-order valence-corrected chi connectivity index (χ3v) is 9.35. The second-order valence-corrected chi connectivity index (χ2v) is 12.7. The van der Waals surface area contributed by atoms with E-state index in [4.69, 9.17) is 4.74 Å². The van der Waals surface area contributed by atoms with E-state index < -0.39 is 35.2 Å². The number of fused-ring (bicyclic) bond motifs is 1. The van der Waals surface area contributed by atoms with E-state index in [1.807, 2.05) is 7.05 Å². The van der Waals surface area contributed by atoms with Gasteiger partial charge in [0.2, 0.25) is 5.95 Å². The molecule has 6 rings (SSSR count). The Balaban J connectivity index is 1.32. The van der Waals surface area contributed by atoms with Crippen LogP contribution in [0.5, 0.6) is 0 Å². The number of nitrogens with zero attached hydrogens (tertiary/aromatic N) is 5. The van der Waals surface area contributed by atoms with Crippen molar-refractivity contribution in [3.63, 3.8) is 0 Å². The molecule has 3 aliphatic heterocycles. The van der Waals surface area contributed by atoms with Crippen LogP contribution in [-0.4, -0.2) is 71.2 Å². The van der Waals surface area contributed by atoms with Gasteiger partial charge < -0.3 is 19.1 Å². The molecule has 1 aromatic heterocycles.